The fourth-order valence-corrected chi connectivity index (χ4v) is 2.76. The third-order valence-corrected chi connectivity index (χ3v) is 3.98. The van der Waals surface area contributed by atoms with Crippen molar-refractivity contribution in [1.29, 1.82) is 0 Å². The van der Waals surface area contributed by atoms with Gasteiger partial charge in [-0.2, -0.15) is 0 Å². The first kappa shape index (κ1) is 15.8. The highest BCUT2D eigenvalue weighted by molar-refractivity contribution is 5.75. The molecule has 1 heterocycles. The molecule has 116 valence electrons. The van der Waals surface area contributed by atoms with E-state index in [1.54, 1.807) is 6.92 Å². The van der Waals surface area contributed by atoms with Crippen molar-refractivity contribution in [2.75, 3.05) is 6.61 Å². The molecular weight excluding hydrogens is 268 g/mol. The molecule has 1 aliphatic heterocycles. The maximum atomic E-state index is 12.4. The van der Waals surface area contributed by atoms with Crippen LogP contribution in [0.25, 0.3) is 0 Å². The van der Waals surface area contributed by atoms with Gasteiger partial charge >= 0.3 is 5.97 Å². The second-order valence-electron chi connectivity index (χ2n) is 6.79. The molecule has 0 fully saturated rings. The van der Waals surface area contributed by atoms with Gasteiger partial charge in [-0.1, -0.05) is 25.1 Å². The first-order chi connectivity index (χ1) is 9.66. The van der Waals surface area contributed by atoms with Crippen molar-refractivity contribution in [2.45, 2.75) is 45.8 Å². The molecule has 0 amide bonds. The lowest BCUT2D eigenvalue weighted by molar-refractivity contribution is -0.177. The summed E-state index contributed by atoms with van der Waals surface area (Å²) in [5.74, 6) is -0.631. The number of benzene rings is 1. The Bertz CT molecular complexity index is 532. The molecule has 1 N–H and O–H groups in total. The van der Waals surface area contributed by atoms with E-state index in [-0.39, 0.29) is 5.92 Å². The van der Waals surface area contributed by atoms with Crippen molar-refractivity contribution < 1.29 is 19.4 Å². The highest BCUT2D eigenvalue weighted by atomic mass is 16.6. The Hall–Kier alpha value is -1.55. The monoisotopic (exact) mass is 292 g/mol. The van der Waals surface area contributed by atoms with Gasteiger partial charge in [-0.05, 0) is 33.8 Å². The predicted molar refractivity (Wildman–Crippen MR) is 80.0 cm³/mol. The van der Waals surface area contributed by atoms with Gasteiger partial charge in [0, 0.05) is 11.5 Å². The lowest BCUT2D eigenvalue weighted by Gasteiger charge is -2.43. The fourth-order valence-electron chi connectivity index (χ4n) is 2.76. The van der Waals surface area contributed by atoms with Gasteiger partial charge in [-0.25, -0.2) is 0 Å². The summed E-state index contributed by atoms with van der Waals surface area (Å²) < 4.78 is 11.1. The zero-order valence-electron chi connectivity index (χ0n) is 13.3. The minimum Gasteiger partial charge on any atom is -0.493 e. The lowest BCUT2D eigenvalue weighted by Crippen LogP contribution is -2.49. The van der Waals surface area contributed by atoms with E-state index in [1.807, 2.05) is 52.0 Å². The number of carbonyl (C=O) groups is 1. The number of carbonyl (C=O) groups excluding carboxylic acids is 1. The molecule has 0 radical (unpaired) electrons. The molecule has 1 aliphatic rings. The van der Waals surface area contributed by atoms with Crippen LogP contribution < -0.4 is 4.74 Å². The summed E-state index contributed by atoms with van der Waals surface area (Å²) in [6, 6.07) is 7.32. The number of aliphatic hydroxyl groups is 1. The summed E-state index contributed by atoms with van der Waals surface area (Å²) in [7, 11) is 0. The van der Waals surface area contributed by atoms with Gasteiger partial charge in [-0.15, -0.1) is 0 Å². The largest absolute Gasteiger partial charge is 0.493 e. The third-order valence-electron chi connectivity index (χ3n) is 3.98. The first-order valence-corrected chi connectivity index (χ1v) is 7.34. The van der Waals surface area contributed by atoms with Gasteiger partial charge in [0.25, 0.3) is 0 Å². The van der Waals surface area contributed by atoms with Crippen molar-refractivity contribution in [1.82, 2.24) is 0 Å². The normalized spacial score (nSPS) is 26.5. The van der Waals surface area contributed by atoms with Crippen LogP contribution >= 0.6 is 0 Å². The average molecular weight is 292 g/mol. The number of esters is 1. The van der Waals surface area contributed by atoms with Crippen molar-refractivity contribution in [3.8, 4) is 5.75 Å². The van der Waals surface area contributed by atoms with Crippen LogP contribution in [0.3, 0.4) is 0 Å². The molecule has 3 unspecified atom stereocenters. The number of hydrogen-bond donors (Lipinski definition) is 1. The number of rotatable bonds is 2. The van der Waals surface area contributed by atoms with Gasteiger partial charge in [0.1, 0.15) is 17.0 Å². The van der Waals surface area contributed by atoms with E-state index in [0.29, 0.717) is 17.9 Å². The molecule has 0 saturated heterocycles. The van der Waals surface area contributed by atoms with Gasteiger partial charge in [0.2, 0.25) is 0 Å². The molecule has 2 rings (SSSR count). The summed E-state index contributed by atoms with van der Waals surface area (Å²) in [6.45, 7) is 9.44. The van der Waals surface area contributed by atoms with Crippen molar-refractivity contribution in [3.63, 3.8) is 0 Å². The van der Waals surface area contributed by atoms with Crippen LogP contribution in [-0.2, 0) is 15.1 Å². The van der Waals surface area contributed by atoms with E-state index >= 15 is 0 Å². The van der Waals surface area contributed by atoms with E-state index in [4.69, 9.17) is 9.47 Å². The summed E-state index contributed by atoms with van der Waals surface area (Å²) in [5.41, 5.74) is -1.20. The van der Waals surface area contributed by atoms with Crippen LogP contribution in [0.5, 0.6) is 5.75 Å². The van der Waals surface area contributed by atoms with E-state index < -0.39 is 23.1 Å². The molecule has 21 heavy (non-hydrogen) atoms. The minimum atomic E-state index is -1.28. The Morgan fingerprint density at radius 3 is 2.67 bits per heavy atom. The van der Waals surface area contributed by atoms with Crippen LogP contribution in [0.4, 0.5) is 0 Å². The van der Waals surface area contributed by atoms with E-state index in [9.17, 15) is 9.90 Å². The van der Waals surface area contributed by atoms with E-state index in [1.165, 1.54) is 0 Å². The van der Waals surface area contributed by atoms with Gasteiger partial charge in [0.05, 0.1) is 12.5 Å². The van der Waals surface area contributed by atoms with E-state index in [0.717, 1.165) is 0 Å². The molecule has 0 spiro atoms. The Balaban J connectivity index is 2.38. The third kappa shape index (κ3) is 2.91. The predicted octanol–water partition coefficient (Wildman–Crippen LogP) is 2.88. The van der Waals surface area contributed by atoms with Crippen LogP contribution in [0.2, 0.25) is 0 Å². The Morgan fingerprint density at radius 2 is 2.05 bits per heavy atom. The second kappa shape index (κ2) is 5.34. The van der Waals surface area contributed by atoms with Gasteiger partial charge in [-0.3, -0.25) is 4.79 Å². The van der Waals surface area contributed by atoms with Crippen molar-refractivity contribution >= 4 is 5.97 Å². The molecule has 0 saturated carbocycles. The summed E-state index contributed by atoms with van der Waals surface area (Å²) in [6.07, 6.45) is 0. The number of fused-ring (bicyclic) bond motifs is 1. The van der Waals surface area contributed by atoms with Crippen LogP contribution in [0, 0.1) is 11.8 Å². The summed E-state index contributed by atoms with van der Waals surface area (Å²) in [4.78, 5) is 12.4. The SMILES string of the molecule is CC1COc2ccccc2C1(O)C(C)C(=O)OC(C)(C)C. The molecule has 4 heteroatoms. The van der Waals surface area contributed by atoms with Crippen LogP contribution in [0.1, 0.15) is 40.2 Å². The first-order valence-electron chi connectivity index (χ1n) is 7.34. The molecule has 0 aromatic heterocycles. The topological polar surface area (TPSA) is 55.8 Å². The van der Waals surface area contributed by atoms with Crippen molar-refractivity contribution in [3.05, 3.63) is 29.8 Å². The summed E-state index contributed by atoms with van der Waals surface area (Å²) in [5, 5.41) is 11.2. The number of para-hydroxylation sites is 1. The van der Waals surface area contributed by atoms with Crippen LogP contribution in [0.15, 0.2) is 24.3 Å². The number of hydrogen-bond acceptors (Lipinski definition) is 4. The molecule has 1 aromatic rings. The fraction of sp³-hybridized carbons (Fsp3) is 0.588. The molecule has 3 atom stereocenters. The molecule has 0 bridgehead atoms. The Kier molecular flexibility index (Phi) is 4.02. The minimum absolute atomic E-state index is 0.199. The summed E-state index contributed by atoms with van der Waals surface area (Å²) >= 11 is 0. The molecular formula is C17H24O4. The highest BCUT2D eigenvalue weighted by Crippen LogP contribution is 2.45. The zero-order chi connectivity index (χ0) is 15.8. The quantitative estimate of drug-likeness (QED) is 0.852. The highest BCUT2D eigenvalue weighted by Gasteiger charge is 2.49. The molecule has 4 nitrogen and oxygen atoms in total. The second-order valence-corrected chi connectivity index (χ2v) is 6.79. The van der Waals surface area contributed by atoms with Crippen molar-refractivity contribution in [2.24, 2.45) is 11.8 Å². The smallest absolute Gasteiger partial charge is 0.312 e. The van der Waals surface area contributed by atoms with E-state index in [2.05, 4.69) is 0 Å². The van der Waals surface area contributed by atoms with Crippen LogP contribution in [-0.4, -0.2) is 23.3 Å². The number of ether oxygens (including phenoxy) is 2. The average Bonchev–Trinajstić information content (AvgIpc) is 2.40. The Morgan fingerprint density at radius 1 is 1.43 bits per heavy atom. The maximum absolute atomic E-state index is 12.4. The molecule has 0 aliphatic carbocycles. The molecule has 1 aromatic carbocycles. The van der Waals surface area contributed by atoms with Gasteiger partial charge in [0.15, 0.2) is 0 Å². The lowest BCUT2D eigenvalue weighted by atomic mass is 9.72. The zero-order valence-corrected chi connectivity index (χ0v) is 13.3. The standard InChI is InChI=1S/C17H24O4/c1-11-10-20-14-9-7-6-8-13(14)17(11,19)12(2)15(18)21-16(3,4)5/h6-9,11-12,19H,10H2,1-5H3. The Labute approximate surface area is 126 Å². The van der Waals surface area contributed by atoms with Gasteiger partial charge < -0.3 is 14.6 Å². The maximum Gasteiger partial charge on any atom is 0.312 e.